The molecule has 0 spiro atoms. The average molecular weight is 454 g/mol. The van der Waals surface area contributed by atoms with Crippen LogP contribution in [0.15, 0.2) is 36.1 Å². The molecule has 5 heterocycles. The fourth-order valence-electron chi connectivity index (χ4n) is 3.53. The second kappa shape index (κ2) is 8.24. The molecule has 166 valence electrons. The van der Waals surface area contributed by atoms with Crippen LogP contribution in [0.3, 0.4) is 0 Å². The molecule has 0 aromatic carbocycles. The lowest BCUT2D eigenvalue weighted by atomic mass is 10.3. The van der Waals surface area contributed by atoms with Crippen LogP contribution >= 0.6 is 11.3 Å². The van der Waals surface area contributed by atoms with Crippen LogP contribution in [0.5, 0.6) is 5.88 Å². The Morgan fingerprint density at radius 3 is 2.97 bits per heavy atom. The first kappa shape index (κ1) is 20.5. The van der Waals surface area contributed by atoms with E-state index in [9.17, 15) is 4.79 Å². The molecule has 5 rings (SSSR count). The topological polar surface area (TPSA) is 99.3 Å². The van der Waals surface area contributed by atoms with Gasteiger partial charge in [-0.3, -0.25) is 9.48 Å². The molecule has 4 aromatic heterocycles. The van der Waals surface area contributed by atoms with Crippen molar-refractivity contribution in [1.82, 2.24) is 29.2 Å². The fourth-order valence-corrected chi connectivity index (χ4v) is 4.39. The van der Waals surface area contributed by atoms with E-state index in [4.69, 9.17) is 9.47 Å². The van der Waals surface area contributed by atoms with Gasteiger partial charge < -0.3 is 24.3 Å². The van der Waals surface area contributed by atoms with Gasteiger partial charge in [0.15, 0.2) is 0 Å². The zero-order valence-corrected chi connectivity index (χ0v) is 18.8. The molecular formula is C21H23N7O3S. The summed E-state index contributed by atoms with van der Waals surface area (Å²) in [7, 11) is 5.34. The third-order valence-corrected chi connectivity index (χ3v) is 6.03. The Bertz CT molecular complexity index is 1270. The maximum atomic E-state index is 12.2. The molecule has 11 heteroatoms. The number of hydrogen-bond donors (Lipinski definition) is 1. The van der Waals surface area contributed by atoms with Crippen LogP contribution in [0, 0.1) is 0 Å². The summed E-state index contributed by atoms with van der Waals surface area (Å²) in [5.74, 6) is 0.830. The van der Waals surface area contributed by atoms with E-state index in [2.05, 4.69) is 20.4 Å². The number of fused-ring (bicyclic) bond motifs is 1. The zero-order valence-electron chi connectivity index (χ0n) is 18.0. The van der Waals surface area contributed by atoms with Gasteiger partial charge in [-0.1, -0.05) is 0 Å². The van der Waals surface area contributed by atoms with Gasteiger partial charge in [-0.15, -0.1) is 11.3 Å². The van der Waals surface area contributed by atoms with Gasteiger partial charge in [0.05, 0.1) is 41.2 Å². The molecule has 0 unspecified atom stereocenters. The number of ether oxygens (including phenoxy) is 2. The highest BCUT2D eigenvalue weighted by atomic mass is 32.1. The summed E-state index contributed by atoms with van der Waals surface area (Å²) in [5, 5.41) is 9.35. The van der Waals surface area contributed by atoms with E-state index in [1.165, 1.54) is 11.3 Å². The SMILES string of the molecule is CN(C)C(=O)c1cc(Nc2nc(O[C@H]3CCOC3)c3c(ccn3-c3cnn(C)c3)n2)cs1. The predicted molar refractivity (Wildman–Crippen MR) is 121 cm³/mol. The highest BCUT2D eigenvalue weighted by molar-refractivity contribution is 7.12. The first-order valence-corrected chi connectivity index (χ1v) is 11.1. The molecule has 4 aromatic rings. The Kier molecular flexibility index (Phi) is 5.27. The number of nitrogens with one attached hydrogen (secondary N) is 1. The highest BCUT2D eigenvalue weighted by Crippen LogP contribution is 2.31. The quantitative estimate of drug-likeness (QED) is 0.479. The maximum absolute atomic E-state index is 12.2. The van der Waals surface area contributed by atoms with Crippen LogP contribution in [0.4, 0.5) is 11.6 Å². The van der Waals surface area contributed by atoms with Gasteiger partial charge >= 0.3 is 0 Å². The van der Waals surface area contributed by atoms with Gasteiger partial charge in [-0.25, -0.2) is 4.98 Å². The number of amides is 1. The van der Waals surface area contributed by atoms with Gasteiger partial charge in [0, 0.05) is 45.3 Å². The summed E-state index contributed by atoms with van der Waals surface area (Å²) in [6, 6.07) is 3.72. The van der Waals surface area contributed by atoms with E-state index >= 15 is 0 Å². The molecule has 0 aliphatic carbocycles. The number of anilines is 2. The molecule has 1 saturated heterocycles. The summed E-state index contributed by atoms with van der Waals surface area (Å²) in [6.45, 7) is 1.20. The molecule has 1 aliphatic heterocycles. The lowest BCUT2D eigenvalue weighted by Crippen LogP contribution is -2.20. The minimum Gasteiger partial charge on any atom is -0.470 e. The van der Waals surface area contributed by atoms with Gasteiger partial charge in [0.2, 0.25) is 11.8 Å². The van der Waals surface area contributed by atoms with Crippen LogP contribution in [0.25, 0.3) is 16.7 Å². The molecule has 0 bridgehead atoms. The molecule has 1 atom stereocenters. The Hall–Kier alpha value is -3.44. The van der Waals surface area contributed by atoms with E-state index in [1.807, 2.05) is 35.5 Å². The lowest BCUT2D eigenvalue weighted by Gasteiger charge is -2.14. The molecule has 1 fully saturated rings. The molecule has 1 aliphatic rings. The van der Waals surface area contributed by atoms with Crippen molar-refractivity contribution in [3.63, 3.8) is 0 Å². The Labute approximate surface area is 188 Å². The van der Waals surface area contributed by atoms with Crippen molar-refractivity contribution in [2.45, 2.75) is 12.5 Å². The Morgan fingerprint density at radius 1 is 1.38 bits per heavy atom. The van der Waals surface area contributed by atoms with Crippen molar-refractivity contribution in [3.8, 4) is 11.6 Å². The monoisotopic (exact) mass is 453 g/mol. The van der Waals surface area contributed by atoms with Crippen molar-refractivity contribution in [2.24, 2.45) is 7.05 Å². The molecule has 1 amide bonds. The second-order valence-corrected chi connectivity index (χ2v) is 8.68. The van der Waals surface area contributed by atoms with Gasteiger partial charge in [0.1, 0.15) is 11.6 Å². The van der Waals surface area contributed by atoms with Gasteiger partial charge in [0.25, 0.3) is 5.91 Å². The van der Waals surface area contributed by atoms with Crippen LogP contribution < -0.4 is 10.1 Å². The van der Waals surface area contributed by atoms with Crippen LogP contribution in [0.2, 0.25) is 0 Å². The summed E-state index contributed by atoms with van der Waals surface area (Å²) in [6.07, 6.45) is 6.37. The summed E-state index contributed by atoms with van der Waals surface area (Å²) in [4.78, 5) is 23.7. The standard InChI is InChI=1S/C21H23N7O3S/c1-26(2)20(29)17-8-13(12-32-17)23-21-24-16-4-6-28(14-9-22-27(3)10-14)18(16)19(25-21)31-15-5-7-30-11-15/h4,6,8-10,12,15H,5,7,11H2,1-3H3,(H,23,24,25)/t15-/m0/s1. The van der Waals surface area contributed by atoms with Crippen LogP contribution in [0.1, 0.15) is 16.1 Å². The second-order valence-electron chi connectivity index (χ2n) is 7.77. The maximum Gasteiger partial charge on any atom is 0.263 e. The minimum absolute atomic E-state index is 0.0433. The lowest BCUT2D eigenvalue weighted by molar-refractivity contribution is 0.0832. The number of carbonyl (C=O) groups excluding carboxylic acids is 1. The van der Waals surface area contributed by atoms with Crippen LogP contribution in [-0.2, 0) is 11.8 Å². The van der Waals surface area contributed by atoms with Crippen molar-refractivity contribution in [1.29, 1.82) is 0 Å². The summed E-state index contributed by atoms with van der Waals surface area (Å²) in [5.41, 5.74) is 3.15. The fraction of sp³-hybridized carbons (Fsp3) is 0.333. The molecule has 1 N–H and O–H groups in total. The van der Waals surface area contributed by atoms with E-state index < -0.39 is 0 Å². The summed E-state index contributed by atoms with van der Waals surface area (Å²) < 4.78 is 15.4. The van der Waals surface area contributed by atoms with Crippen molar-refractivity contribution < 1.29 is 14.3 Å². The van der Waals surface area contributed by atoms with Gasteiger partial charge in [-0.2, -0.15) is 10.1 Å². The first-order chi connectivity index (χ1) is 15.5. The van der Waals surface area contributed by atoms with E-state index in [0.29, 0.717) is 29.9 Å². The summed E-state index contributed by atoms with van der Waals surface area (Å²) >= 11 is 1.37. The number of rotatable bonds is 6. The minimum atomic E-state index is -0.0661. The normalized spacial score (nSPS) is 15.9. The smallest absolute Gasteiger partial charge is 0.263 e. The number of aromatic nitrogens is 5. The number of hydrogen-bond acceptors (Lipinski definition) is 8. The van der Waals surface area contributed by atoms with E-state index in [-0.39, 0.29) is 12.0 Å². The molecular weight excluding hydrogens is 430 g/mol. The molecule has 0 radical (unpaired) electrons. The number of carbonyl (C=O) groups is 1. The van der Waals surface area contributed by atoms with Crippen molar-refractivity contribution in [3.05, 3.63) is 41.0 Å². The number of aryl methyl sites for hydroxylation is 1. The van der Waals surface area contributed by atoms with E-state index in [1.54, 1.807) is 35.9 Å². The molecule has 0 saturated carbocycles. The number of thiophene rings is 1. The van der Waals surface area contributed by atoms with E-state index in [0.717, 1.165) is 28.8 Å². The Balaban J connectivity index is 1.52. The molecule has 32 heavy (non-hydrogen) atoms. The average Bonchev–Trinajstić information content (AvgIpc) is 3.54. The largest absolute Gasteiger partial charge is 0.470 e. The molecule has 10 nitrogen and oxygen atoms in total. The third-order valence-electron chi connectivity index (χ3n) is 5.11. The highest BCUT2D eigenvalue weighted by Gasteiger charge is 2.22. The third kappa shape index (κ3) is 3.92. The number of nitrogens with zero attached hydrogens (tertiary/aromatic N) is 6. The van der Waals surface area contributed by atoms with Crippen molar-refractivity contribution in [2.75, 3.05) is 32.6 Å². The zero-order chi connectivity index (χ0) is 22.2. The van der Waals surface area contributed by atoms with Crippen molar-refractivity contribution >= 4 is 39.9 Å². The first-order valence-electron chi connectivity index (χ1n) is 10.2. The predicted octanol–water partition coefficient (Wildman–Crippen LogP) is 2.83. The van der Waals surface area contributed by atoms with Gasteiger partial charge in [-0.05, 0) is 12.1 Å². The Morgan fingerprint density at radius 2 is 2.25 bits per heavy atom. The van der Waals surface area contributed by atoms with Crippen LogP contribution in [-0.4, -0.2) is 68.5 Å².